The van der Waals surface area contributed by atoms with Crippen LogP contribution in [0.5, 0.6) is 0 Å². The summed E-state index contributed by atoms with van der Waals surface area (Å²) in [7, 11) is 0. The molecule has 1 N–H and O–H groups in total. The number of hydrogen-bond acceptors (Lipinski definition) is 1. The van der Waals surface area contributed by atoms with Gasteiger partial charge >= 0.3 is 0 Å². The molecule has 0 radical (unpaired) electrons. The van der Waals surface area contributed by atoms with E-state index in [0.29, 0.717) is 16.0 Å². The van der Waals surface area contributed by atoms with Gasteiger partial charge in [-0.1, -0.05) is 24.9 Å². The molecule has 1 aliphatic rings. The summed E-state index contributed by atoms with van der Waals surface area (Å²) in [5, 5.41) is 3.61. The molecule has 1 aromatic carbocycles. The highest BCUT2D eigenvalue weighted by Gasteiger charge is 2.32. The summed E-state index contributed by atoms with van der Waals surface area (Å²) < 4.78 is 0.737. The van der Waals surface area contributed by atoms with Crippen molar-refractivity contribution in [3.8, 4) is 0 Å². The Balaban J connectivity index is 1.99. The first-order valence-corrected chi connectivity index (χ1v) is 6.91. The molecular weight excluding hydrogens is 302 g/mol. The Hall–Kier alpha value is -0.540. The van der Waals surface area contributed by atoms with Crippen molar-refractivity contribution in [1.82, 2.24) is 5.32 Å². The predicted octanol–water partition coefficient (Wildman–Crippen LogP) is 4.02. The second-order valence-electron chi connectivity index (χ2n) is 4.97. The molecule has 2 rings (SSSR count). The lowest BCUT2D eigenvalue weighted by atomic mass is 9.70. The Morgan fingerprint density at radius 2 is 2.24 bits per heavy atom. The lowest BCUT2D eigenvalue weighted by Gasteiger charge is -2.38. The summed E-state index contributed by atoms with van der Waals surface area (Å²) in [5.74, 6) is -0.0401. The van der Waals surface area contributed by atoms with E-state index in [1.807, 2.05) is 0 Å². The van der Waals surface area contributed by atoms with Crippen LogP contribution in [0.1, 0.15) is 36.5 Å². The average molecular weight is 317 g/mol. The highest BCUT2D eigenvalue weighted by molar-refractivity contribution is 9.10. The van der Waals surface area contributed by atoms with E-state index in [2.05, 4.69) is 28.2 Å². The molecule has 0 aromatic heterocycles. The molecule has 2 nitrogen and oxygen atoms in total. The van der Waals surface area contributed by atoms with Gasteiger partial charge in [0.15, 0.2) is 0 Å². The normalized spacial score (nSPS) is 17.4. The molecule has 1 aromatic rings. The monoisotopic (exact) mass is 315 g/mol. The van der Waals surface area contributed by atoms with Crippen molar-refractivity contribution in [3.05, 3.63) is 33.3 Å². The zero-order valence-electron chi connectivity index (χ0n) is 9.72. The number of halogens is 2. The molecule has 1 amide bonds. The second-order valence-corrected chi connectivity index (χ2v) is 6.26. The fourth-order valence-corrected chi connectivity index (χ4v) is 2.88. The number of hydrogen-bond donors (Lipinski definition) is 1. The molecule has 0 aliphatic heterocycles. The first-order valence-electron chi connectivity index (χ1n) is 5.73. The van der Waals surface area contributed by atoms with Gasteiger partial charge in [-0.05, 0) is 52.4 Å². The Kier molecular flexibility index (Phi) is 3.79. The van der Waals surface area contributed by atoms with Gasteiger partial charge in [0, 0.05) is 16.0 Å². The van der Waals surface area contributed by atoms with Crippen LogP contribution in [0.15, 0.2) is 22.7 Å². The molecule has 0 spiro atoms. The topological polar surface area (TPSA) is 29.1 Å². The number of rotatable bonds is 3. The molecule has 0 heterocycles. The van der Waals surface area contributed by atoms with Crippen LogP contribution in [0.25, 0.3) is 0 Å². The molecule has 4 heteroatoms. The Morgan fingerprint density at radius 1 is 1.53 bits per heavy atom. The van der Waals surface area contributed by atoms with Gasteiger partial charge in [0.2, 0.25) is 0 Å². The first-order chi connectivity index (χ1) is 8.00. The van der Waals surface area contributed by atoms with Gasteiger partial charge in [-0.2, -0.15) is 0 Å². The van der Waals surface area contributed by atoms with E-state index < -0.39 is 0 Å². The van der Waals surface area contributed by atoms with Crippen LogP contribution in [0.2, 0.25) is 5.02 Å². The van der Waals surface area contributed by atoms with E-state index in [4.69, 9.17) is 11.6 Å². The van der Waals surface area contributed by atoms with E-state index in [1.54, 1.807) is 18.2 Å². The lowest BCUT2D eigenvalue weighted by Crippen LogP contribution is -2.40. The summed E-state index contributed by atoms with van der Waals surface area (Å²) in [6.45, 7) is 2.97. The Bertz CT molecular complexity index is 443. The molecular formula is C13H15BrClNO. The highest BCUT2D eigenvalue weighted by atomic mass is 79.9. The number of carbonyl (C=O) groups excluding carboxylic acids is 1. The van der Waals surface area contributed by atoms with Crippen LogP contribution < -0.4 is 5.32 Å². The maximum Gasteiger partial charge on any atom is 0.252 e. The highest BCUT2D eigenvalue weighted by Crippen LogP contribution is 2.39. The van der Waals surface area contributed by atoms with Crippen molar-refractivity contribution < 1.29 is 4.79 Å². The molecule has 0 bridgehead atoms. The maximum absolute atomic E-state index is 12.0. The number of carbonyl (C=O) groups is 1. The molecule has 1 aliphatic carbocycles. The third kappa shape index (κ3) is 3.02. The quantitative estimate of drug-likeness (QED) is 0.896. The van der Waals surface area contributed by atoms with E-state index in [-0.39, 0.29) is 5.91 Å². The van der Waals surface area contributed by atoms with Gasteiger partial charge in [-0.25, -0.2) is 0 Å². The summed E-state index contributed by atoms with van der Waals surface area (Å²) in [5.41, 5.74) is 0.937. The minimum absolute atomic E-state index is 0.0401. The minimum atomic E-state index is -0.0401. The Morgan fingerprint density at radius 3 is 2.76 bits per heavy atom. The van der Waals surface area contributed by atoms with E-state index in [1.165, 1.54) is 19.3 Å². The summed E-state index contributed by atoms with van der Waals surface area (Å²) >= 11 is 9.20. The zero-order chi connectivity index (χ0) is 12.5. The SMILES string of the molecule is CC1(CNC(=O)c2ccc(Cl)cc2Br)CCC1. The molecule has 0 unspecified atom stereocenters. The minimum Gasteiger partial charge on any atom is -0.351 e. The fourth-order valence-electron chi connectivity index (χ4n) is 2.02. The van der Waals surface area contributed by atoms with Gasteiger partial charge in [0.05, 0.1) is 5.56 Å². The van der Waals surface area contributed by atoms with Crippen LogP contribution in [-0.4, -0.2) is 12.5 Å². The fraction of sp³-hybridized carbons (Fsp3) is 0.462. The van der Waals surface area contributed by atoms with Gasteiger partial charge in [0.25, 0.3) is 5.91 Å². The summed E-state index contributed by atoms with van der Waals surface area (Å²) in [6.07, 6.45) is 3.68. The molecule has 0 atom stereocenters. The number of benzene rings is 1. The molecule has 1 fully saturated rings. The predicted molar refractivity (Wildman–Crippen MR) is 73.4 cm³/mol. The summed E-state index contributed by atoms with van der Waals surface area (Å²) in [4.78, 5) is 12.0. The van der Waals surface area contributed by atoms with Crippen molar-refractivity contribution in [3.63, 3.8) is 0 Å². The van der Waals surface area contributed by atoms with Crippen LogP contribution in [-0.2, 0) is 0 Å². The van der Waals surface area contributed by atoms with Crippen molar-refractivity contribution in [2.75, 3.05) is 6.54 Å². The second kappa shape index (κ2) is 4.99. The van der Waals surface area contributed by atoms with Crippen molar-refractivity contribution in [2.24, 2.45) is 5.41 Å². The third-order valence-electron chi connectivity index (χ3n) is 3.41. The third-order valence-corrected chi connectivity index (χ3v) is 4.30. The van der Waals surface area contributed by atoms with Crippen LogP contribution in [0.4, 0.5) is 0 Å². The van der Waals surface area contributed by atoms with Gasteiger partial charge < -0.3 is 5.32 Å². The lowest BCUT2D eigenvalue weighted by molar-refractivity contribution is 0.0890. The number of amides is 1. The van der Waals surface area contributed by atoms with Crippen LogP contribution >= 0.6 is 27.5 Å². The number of nitrogens with one attached hydrogen (secondary N) is 1. The van der Waals surface area contributed by atoms with Gasteiger partial charge in [-0.15, -0.1) is 0 Å². The molecule has 0 saturated heterocycles. The zero-order valence-corrected chi connectivity index (χ0v) is 12.1. The maximum atomic E-state index is 12.0. The van der Waals surface area contributed by atoms with E-state index in [0.717, 1.165) is 11.0 Å². The van der Waals surface area contributed by atoms with Crippen molar-refractivity contribution in [1.29, 1.82) is 0 Å². The van der Waals surface area contributed by atoms with Crippen LogP contribution in [0.3, 0.4) is 0 Å². The van der Waals surface area contributed by atoms with Gasteiger partial charge in [-0.3, -0.25) is 4.79 Å². The molecule has 92 valence electrons. The Labute approximate surface area is 115 Å². The first kappa shape index (κ1) is 12.9. The largest absolute Gasteiger partial charge is 0.351 e. The van der Waals surface area contributed by atoms with Crippen LogP contribution in [0, 0.1) is 5.41 Å². The molecule has 17 heavy (non-hydrogen) atoms. The molecule has 1 saturated carbocycles. The van der Waals surface area contributed by atoms with Gasteiger partial charge in [0.1, 0.15) is 0 Å². The van der Waals surface area contributed by atoms with Crippen molar-refractivity contribution >= 4 is 33.4 Å². The summed E-state index contributed by atoms with van der Waals surface area (Å²) in [6, 6.07) is 5.21. The van der Waals surface area contributed by atoms with E-state index >= 15 is 0 Å². The van der Waals surface area contributed by atoms with Crippen molar-refractivity contribution in [2.45, 2.75) is 26.2 Å². The average Bonchev–Trinajstić information content (AvgIpc) is 2.23. The standard InChI is InChI=1S/C13H15BrClNO/c1-13(5-2-6-13)8-16-12(17)10-4-3-9(15)7-11(10)14/h3-4,7H,2,5-6,8H2,1H3,(H,16,17). The van der Waals surface area contributed by atoms with E-state index in [9.17, 15) is 4.79 Å². The smallest absolute Gasteiger partial charge is 0.252 e.